The highest BCUT2D eigenvalue weighted by atomic mass is 19.2. The number of pyridine rings is 1. The van der Waals surface area contributed by atoms with Crippen molar-refractivity contribution in [3.05, 3.63) is 71.4 Å². The fourth-order valence-corrected chi connectivity index (χ4v) is 1.41. The quantitative estimate of drug-likeness (QED) is 0.753. The van der Waals surface area contributed by atoms with Crippen molar-refractivity contribution in [2.75, 3.05) is 0 Å². The number of hydrogen-bond donors (Lipinski definition) is 0. The van der Waals surface area contributed by atoms with Crippen LogP contribution in [0.1, 0.15) is 16.7 Å². The molecule has 0 amide bonds. The number of aromatic nitrogens is 1. The Morgan fingerprint density at radius 1 is 1.12 bits per heavy atom. The lowest BCUT2D eigenvalue weighted by molar-refractivity contribution is 0.508. The molecule has 0 aliphatic rings. The summed E-state index contributed by atoms with van der Waals surface area (Å²) in [7, 11) is 0. The maximum absolute atomic E-state index is 13.0. The zero-order valence-corrected chi connectivity index (χ0v) is 8.74. The predicted octanol–water partition coefficient (Wildman–Crippen LogP) is 3.27. The van der Waals surface area contributed by atoms with Gasteiger partial charge in [0.2, 0.25) is 0 Å². The van der Waals surface area contributed by atoms with E-state index in [-0.39, 0.29) is 0 Å². The van der Waals surface area contributed by atoms with Crippen LogP contribution in [-0.4, -0.2) is 4.98 Å². The van der Waals surface area contributed by atoms with Gasteiger partial charge in [-0.2, -0.15) is 0 Å². The molecule has 3 heteroatoms. The Morgan fingerprint density at radius 2 is 1.94 bits per heavy atom. The van der Waals surface area contributed by atoms with Gasteiger partial charge >= 0.3 is 0 Å². The fourth-order valence-electron chi connectivity index (χ4n) is 1.41. The molecule has 16 heavy (non-hydrogen) atoms. The standard InChI is InChI=1S/C13H10F2N/c1-9-4-5-16-8-11(9)6-10-2-3-12(14)13(15)7-10/h2-8H,1H3. The topological polar surface area (TPSA) is 12.9 Å². The molecule has 0 bridgehead atoms. The van der Waals surface area contributed by atoms with E-state index in [9.17, 15) is 8.78 Å². The lowest BCUT2D eigenvalue weighted by atomic mass is 10.0. The molecule has 0 saturated heterocycles. The normalized spacial score (nSPS) is 10.4. The van der Waals surface area contributed by atoms with Crippen LogP contribution in [0, 0.1) is 25.0 Å². The molecule has 1 nitrogen and oxygen atoms in total. The van der Waals surface area contributed by atoms with Crippen molar-refractivity contribution >= 4 is 0 Å². The summed E-state index contributed by atoms with van der Waals surface area (Å²) in [6.45, 7) is 1.94. The first-order valence-electron chi connectivity index (χ1n) is 4.87. The maximum Gasteiger partial charge on any atom is 0.159 e. The van der Waals surface area contributed by atoms with Gasteiger partial charge in [0.15, 0.2) is 11.6 Å². The molecular formula is C13H10F2N. The zero-order chi connectivity index (χ0) is 11.5. The summed E-state index contributed by atoms with van der Waals surface area (Å²) < 4.78 is 25.7. The minimum absolute atomic E-state index is 0.620. The summed E-state index contributed by atoms with van der Waals surface area (Å²) in [5.74, 6) is -1.67. The highest BCUT2D eigenvalue weighted by molar-refractivity contribution is 5.39. The summed E-state index contributed by atoms with van der Waals surface area (Å²) in [4.78, 5) is 3.98. The van der Waals surface area contributed by atoms with Crippen LogP contribution in [0.4, 0.5) is 8.78 Å². The smallest absolute Gasteiger partial charge is 0.159 e. The van der Waals surface area contributed by atoms with Crippen LogP contribution in [0.25, 0.3) is 0 Å². The summed E-state index contributed by atoms with van der Waals surface area (Å²) in [6.07, 6.45) is 5.15. The maximum atomic E-state index is 13.0. The Kier molecular flexibility index (Phi) is 2.95. The number of nitrogens with zero attached hydrogens (tertiary/aromatic N) is 1. The Labute approximate surface area is 92.8 Å². The Morgan fingerprint density at radius 3 is 2.62 bits per heavy atom. The molecule has 0 N–H and O–H groups in total. The van der Waals surface area contributed by atoms with Gasteiger partial charge in [0.05, 0.1) is 0 Å². The van der Waals surface area contributed by atoms with Crippen molar-refractivity contribution in [3.63, 3.8) is 0 Å². The molecular weight excluding hydrogens is 208 g/mol. The highest BCUT2D eigenvalue weighted by Gasteiger charge is 2.05. The average Bonchev–Trinajstić information content (AvgIpc) is 2.27. The van der Waals surface area contributed by atoms with E-state index in [1.54, 1.807) is 18.8 Å². The van der Waals surface area contributed by atoms with E-state index in [1.807, 2.05) is 13.0 Å². The second-order valence-electron chi connectivity index (χ2n) is 3.55. The van der Waals surface area contributed by atoms with E-state index >= 15 is 0 Å². The van der Waals surface area contributed by atoms with Crippen molar-refractivity contribution in [2.45, 2.75) is 6.92 Å². The summed E-state index contributed by atoms with van der Waals surface area (Å²) in [5, 5.41) is 0. The van der Waals surface area contributed by atoms with Gasteiger partial charge in [-0.1, -0.05) is 6.07 Å². The molecule has 0 aliphatic carbocycles. The van der Waals surface area contributed by atoms with E-state index in [1.165, 1.54) is 12.1 Å². The van der Waals surface area contributed by atoms with Gasteiger partial charge < -0.3 is 0 Å². The average molecular weight is 218 g/mol. The van der Waals surface area contributed by atoms with Gasteiger partial charge in [0, 0.05) is 18.8 Å². The van der Waals surface area contributed by atoms with Crippen molar-refractivity contribution in [2.24, 2.45) is 0 Å². The van der Waals surface area contributed by atoms with Crippen LogP contribution < -0.4 is 0 Å². The van der Waals surface area contributed by atoms with Crippen LogP contribution in [0.3, 0.4) is 0 Å². The summed E-state index contributed by atoms with van der Waals surface area (Å²) in [5.41, 5.74) is 2.56. The molecule has 2 rings (SSSR count). The summed E-state index contributed by atoms with van der Waals surface area (Å²) in [6, 6.07) is 5.69. The van der Waals surface area contributed by atoms with E-state index in [0.29, 0.717) is 5.56 Å². The van der Waals surface area contributed by atoms with Gasteiger partial charge in [-0.3, -0.25) is 4.98 Å². The first-order valence-corrected chi connectivity index (χ1v) is 4.87. The van der Waals surface area contributed by atoms with Gasteiger partial charge in [-0.05, 0) is 41.8 Å². The lowest BCUT2D eigenvalue weighted by Gasteiger charge is -2.04. The van der Waals surface area contributed by atoms with Gasteiger partial charge in [0.25, 0.3) is 0 Å². The van der Waals surface area contributed by atoms with E-state index in [2.05, 4.69) is 4.98 Å². The Bertz CT molecular complexity index is 509. The van der Waals surface area contributed by atoms with Crippen LogP contribution in [0.2, 0.25) is 0 Å². The molecule has 0 atom stereocenters. The van der Waals surface area contributed by atoms with Crippen molar-refractivity contribution in [1.82, 2.24) is 4.98 Å². The largest absolute Gasteiger partial charge is 0.264 e. The number of benzene rings is 1. The molecule has 0 saturated carbocycles. The molecule has 0 fully saturated rings. The van der Waals surface area contributed by atoms with Crippen LogP contribution in [0.15, 0.2) is 36.7 Å². The Balaban J connectivity index is 2.28. The minimum atomic E-state index is -0.838. The van der Waals surface area contributed by atoms with Crippen LogP contribution in [-0.2, 0) is 0 Å². The monoisotopic (exact) mass is 218 g/mol. The molecule has 0 unspecified atom stereocenters. The molecule has 1 radical (unpaired) electrons. The number of halogens is 2. The third-order valence-electron chi connectivity index (χ3n) is 2.35. The van der Waals surface area contributed by atoms with Gasteiger partial charge in [-0.25, -0.2) is 8.78 Å². The predicted molar refractivity (Wildman–Crippen MR) is 57.8 cm³/mol. The second-order valence-corrected chi connectivity index (χ2v) is 3.55. The third-order valence-corrected chi connectivity index (χ3v) is 2.35. The highest BCUT2D eigenvalue weighted by Crippen LogP contribution is 2.16. The van der Waals surface area contributed by atoms with E-state index in [4.69, 9.17) is 0 Å². The number of hydrogen-bond acceptors (Lipinski definition) is 1. The van der Waals surface area contributed by atoms with Crippen LogP contribution in [0.5, 0.6) is 0 Å². The molecule has 0 spiro atoms. The molecule has 0 aliphatic heterocycles. The number of aryl methyl sites for hydroxylation is 1. The van der Waals surface area contributed by atoms with Gasteiger partial charge in [0.1, 0.15) is 0 Å². The SMILES string of the molecule is Cc1ccncc1[CH]c1ccc(F)c(F)c1. The van der Waals surface area contributed by atoms with Crippen molar-refractivity contribution in [3.8, 4) is 0 Å². The molecule has 2 aromatic rings. The Hall–Kier alpha value is -1.77. The lowest BCUT2D eigenvalue weighted by Crippen LogP contribution is -1.92. The van der Waals surface area contributed by atoms with Crippen LogP contribution >= 0.6 is 0 Å². The molecule has 1 aromatic heterocycles. The minimum Gasteiger partial charge on any atom is -0.264 e. The second kappa shape index (κ2) is 4.39. The molecule has 81 valence electrons. The molecule has 1 heterocycles. The van der Waals surface area contributed by atoms with Crippen molar-refractivity contribution < 1.29 is 8.78 Å². The first kappa shape index (κ1) is 10.7. The third kappa shape index (κ3) is 2.24. The first-order chi connectivity index (χ1) is 7.66. The summed E-state index contributed by atoms with van der Waals surface area (Å²) >= 11 is 0. The van der Waals surface area contributed by atoms with E-state index < -0.39 is 11.6 Å². The fraction of sp³-hybridized carbons (Fsp3) is 0.0769. The molecule has 1 aromatic carbocycles. The number of rotatable bonds is 2. The van der Waals surface area contributed by atoms with Gasteiger partial charge in [-0.15, -0.1) is 0 Å². The van der Waals surface area contributed by atoms with Crippen molar-refractivity contribution in [1.29, 1.82) is 0 Å². The zero-order valence-electron chi connectivity index (χ0n) is 8.74. The van der Waals surface area contributed by atoms with E-state index in [0.717, 1.165) is 17.2 Å².